The molecule has 2 aliphatic rings. The Hall–Kier alpha value is -4.11. The minimum absolute atomic E-state index is 0.123. The summed E-state index contributed by atoms with van der Waals surface area (Å²) in [7, 11) is 0. The molecule has 2 bridgehead atoms. The van der Waals surface area contributed by atoms with Gasteiger partial charge >= 0.3 is 29.8 Å². The van der Waals surface area contributed by atoms with E-state index in [1.807, 2.05) is 51.1 Å². The molecule has 2 aliphatic heterocycles. The molecule has 14 nitrogen and oxygen atoms in total. The van der Waals surface area contributed by atoms with Crippen LogP contribution in [0.1, 0.15) is 65.9 Å². The van der Waals surface area contributed by atoms with Gasteiger partial charge in [0.15, 0.2) is 6.10 Å². The molecular weight excluding hydrogens is 646 g/mol. The van der Waals surface area contributed by atoms with Crippen molar-refractivity contribution in [3.05, 3.63) is 60.2 Å². The molecule has 3 rings (SSSR count). The first-order valence-corrected chi connectivity index (χ1v) is 16.1. The molecule has 0 aromatic heterocycles. The summed E-state index contributed by atoms with van der Waals surface area (Å²) in [6.45, 7) is 12.9. The highest BCUT2D eigenvalue weighted by atomic mass is 16.8. The predicted molar refractivity (Wildman–Crippen MR) is 171 cm³/mol. The summed E-state index contributed by atoms with van der Waals surface area (Å²) < 4.78 is 22.0. The lowest BCUT2D eigenvalue weighted by molar-refractivity contribution is -0.374. The van der Waals surface area contributed by atoms with Gasteiger partial charge in [0.05, 0.1) is 0 Å². The third-order valence-electron chi connectivity index (χ3n) is 9.29. The average molecular weight is 693 g/mol. The summed E-state index contributed by atoms with van der Waals surface area (Å²) in [6, 6.07) is 9.29. The van der Waals surface area contributed by atoms with Crippen LogP contribution in [0, 0.1) is 17.8 Å². The predicted octanol–water partition coefficient (Wildman–Crippen LogP) is 2.88. The zero-order valence-corrected chi connectivity index (χ0v) is 28.2. The topological polar surface area (TPSA) is 223 Å². The number of aliphatic hydroxyl groups is 2. The van der Waals surface area contributed by atoms with E-state index >= 15 is 0 Å². The van der Waals surface area contributed by atoms with Gasteiger partial charge in [0.25, 0.3) is 0 Å². The van der Waals surface area contributed by atoms with Crippen LogP contribution in [0.25, 0.3) is 0 Å². The minimum atomic E-state index is -3.90. The van der Waals surface area contributed by atoms with Crippen molar-refractivity contribution in [1.82, 2.24) is 0 Å². The Balaban J connectivity index is 2.02. The van der Waals surface area contributed by atoms with Crippen LogP contribution in [-0.2, 0) is 49.3 Å². The van der Waals surface area contributed by atoms with Crippen LogP contribution in [0.5, 0.6) is 0 Å². The number of rotatable bonds is 17. The van der Waals surface area contributed by atoms with Gasteiger partial charge in [-0.15, -0.1) is 0 Å². The Kier molecular flexibility index (Phi) is 12.5. The van der Waals surface area contributed by atoms with E-state index in [9.17, 15) is 49.5 Å². The molecule has 0 unspecified atom stereocenters. The molecule has 14 heteroatoms. The standard InChI is InChI=1S/C35H46O14/c1-7-19(2)17-20(3)13-14-25(37)47-28-27(38)33(48-29(30(39)40)34(45,31(41)42)35(28,49-33)32(43)44)16-15-21(4)26(46-23(6)36)22(5)18-24-11-9-8-10-12-24/h8-14,19-20,22,26-29,38,45H,4,7,15-18H2,1-3,5-6H3,(H,39,40)(H,41,42)(H,43,44)/b14-13+/t19-,20+,22+,26+,27+,28+,29+,33-,34+,35-/m0/s1/i18+2. The number of fused-ring (bicyclic) bond motifs is 2. The molecule has 49 heavy (non-hydrogen) atoms. The summed E-state index contributed by atoms with van der Waals surface area (Å²) in [4.78, 5) is 63.0. The van der Waals surface area contributed by atoms with Crippen molar-refractivity contribution in [2.24, 2.45) is 17.8 Å². The lowest BCUT2D eigenvalue weighted by Gasteiger charge is -2.48. The fourth-order valence-electron chi connectivity index (χ4n) is 6.58. The highest BCUT2D eigenvalue weighted by Gasteiger charge is 2.85. The van der Waals surface area contributed by atoms with Crippen molar-refractivity contribution in [3.8, 4) is 0 Å². The second-order valence-corrected chi connectivity index (χ2v) is 13.1. The van der Waals surface area contributed by atoms with E-state index in [1.54, 1.807) is 6.92 Å². The number of esters is 2. The third kappa shape index (κ3) is 7.88. The van der Waals surface area contributed by atoms with Crippen molar-refractivity contribution in [1.29, 1.82) is 0 Å². The maximum absolute atomic E-state index is 13.0. The number of allylic oxidation sites excluding steroid dienone is 1. The van der Waals surface area contributed by atoms with Gasteiger partial charge in [0.2, 0.25) is 23.1 Å². The van der Waals surface area contributed by atoms with Crippen molar-refractivity contribution in [3.63, 3.8) is 0 Å². The fraction of sp³-hybridized carbons (Fsp3) is 0.571. The first kappa shape index (κ1) is 39.3. The van der Waals surface area contributed by atoms with Crippen LogP contribution >= 0.6 is 0 Å². The highest BCUT2D eigenvalue weighted by molar-refractivity contribution is 5.98. The molecule has 10 atom stereocenters. The molecule has 5 N–H and O–H groups in total. The Morgan fingerprint density at radius 2 is 1.69 bits per heavy atom. The number of carbonyl (C=O) groups is 5. The van der Waals surface area contributed by atoms with Gasteiger partial charge in [-0.1, -0.05) is 77.1 Å². The fourth-order valence-corrected chi connectivity index (χ4v) is 6.58. The summed E-state index contributed by atoms with van der Waals surface area (Å²) in [5.41, 5.74) is -6.27. The summed E-state index contributed by atoms with van der Waals surface area (Å²) >= 11 is 0. The second-order valence-electron chi connectivity index (χ2n) is 13.1. The van der Waals surface area contributed by atoms with Crippen molar-refractivity contribution in [2.45, 2.75) is 108 Å². The Labute approximate surface area is 284 Å². The first-order valence-electron chi connectivity index (χ1n) is 16.1. The number of ether oxygens (including phenoxy) is 4. The zero-order valence-electron chi connectivity index (χ0n) is 28.2. The molecule has 2 heterocycles. The molecule has 1 aromatic carbocycles. The third-order valence-corrected chi connectivity index (χ3v) is 9.29. The quantitative estimate of drug-likeness (QED) is 0.0900. The maximum atomic E-state index is 13.0. The van der Waals surface area contributed by atoms with Gasteiger partial charge in [-0.05, 0) is 42.2 Å². The first-order chi connectivity index (χ1) is 22.9. The number of aliphatic hydroxyl groups excluding tert-OH is 1. The van der Waals surface area contributed by atoms with Crippen LogP contribution in [0.2, 0.25) is 0 Å². The Morgan fingerprint density at radius 3 is 2.22 bits per heavy atom. The Morgan fingerprint density at radius 1 is 1.06 bits per heavy atom. The van der Waals surface area contributed by atoms with Crippen molar-refractivity contribution < 1.29 is 68.5 Å². The molecule has 0 saturated carbocycles. The molecule has 0 spiro atoms. The van der Waals surface area contributed by atoms with Crippen LogP contribution in [0.4, 0.5) is 0 Å². The molecular formula is C35H46O14. The number of benzene rings is 1. The van der Waals surface area contributed by atoms with E-state index in [0.717, 1.165) is 18.1 Å². The molecule has 1 aromatic rings. The molecule has 0 radical (unpaired) electrons. The number of carboxylic acids is 3. The molecule has 0 aliphatic carbocycles. The van der Waals surface area contributed by atoms with Crippen molar-refractivity contribution in [2.75, 3.05) is 0 Å². The molecule has 2 saturated heterocycles. The van der Waals surface area contributed by atoms with Crippen LogP contribution < -0.4 is 0 Å². The van der Waals surface area contributed by atoms with Gasteiger partial charge < -0.3 is 44.5 Å². The summed E-state index contributed by atoms with van der Waals surface area (Å²) in [5.74, 6) is -11.3. The minimum Gasteiger partial charge on any atom is -0.479 e. The van der Waals surface area contributed by atoms with E-state index in [-0.39, 0.29) is 23.8 Å². The zero-order chi connectivity index (χ0) is 36.9. The van der Waals surface area contributed by atoms with E-state index in [2.05, 4.69) is 6.58 Å². The molecule has 270 valence electrons. The monoisotopic (exact) mass is 692 g/mol. The van der Waals surface area contributed by atoms with Crippen LogP contribution in [0.3, 0.4) is 0 Å². The van der Waals surface area contributed by atoms with Gasteiger partial charge in [0, 0.05) is 25.3 Å². The van der Waals surface area contributed by atoms with Gasteiger partial charge in [-0.2, -0.15) is 0 Å². The van der Waals surface area contributed by atoms with E-state index in [4.69, 9.17) is 18.9 Å². The summed E-state index contributed by atoms with van der Waals surface area (Å²) in [5, 5.41) is 53.5. The number of carbonyl (C=O) groups excluding carboxylic acids is 2. The van der Waals surface area contributed by atoms with Gasteiger partial charge in [0.1, 0.15) is 12.2 Å². The number of hydrogen-bond donors (Lipinski definition) is 5. The van der Waals surface area contributed by atoms with Gasteiger partial charge in [-0.3, -0.25) is 4.79 Å². The second kappa shape index (κ2) is 15.6. The SMILES string of the molecule is C=C(CC[C@]12O[C@H](C(=O)O)[C@@](O)(C(=O)O)[C@](C(=O)O)(O1)[C@H](OC(=O)/C=C/[C@@H](C)C[C@@H](C)CC)[C@H]2O)[C@@H](OC(C)=O)[C@H](C)[14CH2]c1ccccc1. The van der Waals surface area contributed by atoms with E-state index < -0.39 is 77.7 Å². The smallest absolute Gasteiger partial charge is 0.344 e. The van der Waals surface area contributed by atoms with E-state index in [0.29, 0.717) is 18.8 Å². The average Bonchev–Trinajstić information content (AvgIpc) is 3.25. The number of aliphatic carboxylic acids is 3. The van der Waals surface area contributed by atoms with Crippen LogP contribution in [-0.4, -0.2) is 96.8 Å². The highest BCUT2D eigenvalue weighted by Crippen LogP contribution is 2.56. The lowest BCUT2D eigenvalue weighted by atomic mass is 9.74. The number of hydrogen-bond acceptors (Lipinski definition) is 11. The molecule has 2 fully saturated rings. The van der Waals surface area contributed by atoms with E-state index in [1.165, 1.54) is 13.0 Å². The Bertz CT molecular complexity index is 1440. The van der Waals surface area contributed by atoms with Crippen LogP contribution in [0.15, 0.2) is 54.6 Å². The number of carboxylic acid groups (broad SMARTS) is 3. The normalized spacial score (nSPS) is 30.1. The largest absolute Gasteiger partial charge is 0.479 e. The summed E-state index contributed by atoms with van der Waals surface area (Å²) in [6.07, 6.45) is -4.83. The van der Waals surface area contributed by atoms with Crippen molar-refractivity contribution >= 4 is 29.8 Å². The maximum Gasteiger partial charge on any atom is 0.344 e. The molecule has 0 amide bonds. The lowest BCUT2D eigenvalue weighted by Crippen LogP contribution is -2.78. The van der Waals surface area contributed by atoms with Gasteiger partial charge in [-0.25, -0.2) is 19.2 Å².